The minimum absolute atomic E-state index is 0.0106. The van der Waals surface area contributed by atoms with Gasteiger partial charge in [-0.05, 0) is 49.7 Å². The van der Waals surface area contributed by atoms with Gasteiger partial charge in [0.15, 0.2) is 0 Å². The zero-order chi connectivity index (χ0) is 13.9. The molecule has 1 aliphatic carbocycles. The van der Waals surface area contributed by atoms with Crippen molar-refractivity contribution >= 4 is 11.5 Å². The predicted molar refractivity (Wildman–Crippen MR) is 80.9 cm³/mol. The monoisotopic (exact) mass is 270 g/mol. The minimum atomic E-state index is 0.0106. The summed E-state index contributed by atoms with van der Waals surface area (Å²) in [5.41, 5.74) is 2.10. The molecule has 3 fully saturated rings. The van der Waals surface area contributed by atoms with Crippen LogP contribution in [-0.2, 0) is 4.79 Å². The third kappa shape index (κ3) is 2.93. The molecule has 1 atom stereocenters. The number of allylic oxidation sites excluding steroid dienone is 1. The molecule has 2 bridgehead atoms. The van der Waals surface area contributed by atoms with Crippen molar-refractivity contribution in [1.82, 2.24) is 10.6 Å². The molecule has 3 aliphatic rings. The summed E-state index contributed by atoms with van der Waals surface area (Å²) in [7, 11) is 0. The number of hydrogen-bond acceptors (Lipinski definition) is 2. The van der Waals surface area contributed by atoms with Gasteiger partial charge in [0.05, 0.1) is 6.17 Å². The Balaban J connectivity index is 1.62. The van der Waals surface area contributed by atoms with E-state index in [2.05, 4.69) is 10.6 Å². The van der Waals surface area contributed by atoms with Crippen LogP contribution in [0.15, 0.2) is 36.4 Å². The Morgan fingerprint density at radius 1 is 1.20 bits per heavy atom. The molecule has 0 radical (unpaired) electrons. The van der Waals surface area contributed by atoms with Crippen molar-refractivity contribution in [2.45, 2.75) is 44.8 Å². The lowest BCUT2D eigenvalue weighted by Crippen LogP contribution is -2.59. The smallest absolute Gasteiger partial charge is 0.245 e. The molecule has 0 aromatic heterocycles. The summed E-state index contributed by atoms with van der Waals surface area (Å²) in [6.07, 6.45) is 6.87. The Labute approximate surface area is 120 Å². The normalized spacial score (nSPS) is 29.2. The quantitative estimate of drug-likeness (QED) is 0.829. The first-order valence-electron chi connectivity index (χ1n) is 7.52. The van der Waals surface area contributed by atoms with E-state index in [1.54, 1.807) is 6.08 Å². The number of piperidine rings is 2. The second-order valence-electron chi connectivity index (χ2n) is 5.96. The van der Waals surface area contributed by atoms with E-state index in [0.717, 1.165) is 11.1 Å². The van der Waals surface area contributed by atoms with Gasteiger partial charge in [0, 0.05) is 12.1 Å². The van der Waals surface area contributed by atoms with Crippen molar-refractivity contribution in [3.8, 4) is 0 Å². The molecule has 2 heterocycles. The van der Waals surface area contributed by atoms with Gasteiger partial charge in [0.1, 0.15) is 0 Å². The van der Waals surface area contributed by atoms with Gasteiger partial charge in [0.25, 0.3) is 0 Å². The average molecular weight is 270 g/mol. The van der Waals surface area contributed by atoms with Crippen molar-refractivity contribution in [3.05, 3.63) is 42.0 Å². The third-order valence-electron chi connectivity index (χ3n) is 4.53. The van der Waals surface area contributed by atoms with E-state index in [0.29, 0.717) is 12.0 Å². The number of fused-ring (bicyclic) bond motifs is 3. The molecule has 2 saturated heterocycles. The van der Waals surface area contributed by atoms with Crippen LogP contribution in [0.2, 0.25) is 0 Å². The topological polar surface area (TPSA) is 41.1 Å². The van der Waals surface area contributed by atoms with Crippen molar-refractivity contribution in [1.29, 1.82) is 0 Å². The summed E-state index contributed by atoms with van der Waals surface area (Å²) in [6, 6.07) is 10.6. The average Bonchev–Trinajstić information content (AvgIpc) is 2.49. The molecule has 0 spiro atoms. The van der Waals surface area contributed by atoms with Gasteiger partial charge in [-0.25, -0.2) is 0 Å². The molecule has 1 aromatic rings. The summed E-state index contributed by atoms with van der Waals surface area (Å²) >= 11 is 0. The number of amides is 1. The van der Waals surface area contributed by atoms with Gasteiger partial charge in [0.2, 0.25) is 5.91 Å². The molecule has 20 heavy (non-hydrogen) atoms. The maximum Gasteiger partial charge on any atom is 0.245 e. The van der Waals surface area contributed by atoms with Gasteiger partial charge in [-0.15, -0.1) is 0 Å². The highest BCUT2D eigenvalue weighted by Gasteiger charge is 2.35. The Bertz CT molecular complexity index is 501. The van der Waals surface area contributed by atoms with Gasteiger partial charge < -0.3 is 5.32 Å². The molecule has 1 amide bonds. The molecule has 2 aliphatic heterocycles. The van der Waals surface area contributed by atoms with Crippen LogP contribution in [0, 0.1) is 5.92 Å². The van der Waals surface area contributed by atoms with E-state index >= 15 is 0 Å². The van der Waals surface area contributed by atoms with Gasteiger partial charge in [-0.3, -0.25) is 10.1 Å². The van der Waals surface area contributed by atoms with Crippen molar-refractivity contribution in [3.63, 3.8) is 0 Å². The lowest BCUT2D eigenvalue weighted by atomic mass is 9.79. The number of benzene rings is 1. The van der Waals surface area contributed by atoms with Gasteiger partial charge in [-0.2, -0.15) is 0 Å². The lowest BCUT2D eigenvalue weighted by molar-refractivity contribution is -0.118. The summed E-state index contributed by atoms with van der Waals surface area (Å²) < 4.78 is 0. The Hall–Kier alpha value is -1.61. The fraction of sp³-hybridized carbons (Fsp3) is 0.471. The second-order valence-corrected chi connectivity index (χ2v) is 5.96. The number of rotatable bonds is 3. The maximum atomic E-state index is 12.1. The van der Waals surface area contributed by atoms with Crippen molar-refractivity contribution in [2.24, 2.45) is 5.92 Å². The summed E-state index contributed by atoms with van der Waals surface area (Å²) in [6.45, 7) is 1.98. The standard InChI is InChI=1S/C17H22N2O/c1-12(13-5-3-2-4-6-13)11-16(20)19-17-14-7-9-15(18-17)10-8-14/h2-6,11,14-15,17-18H,7-10H2,1H3,(H,19,20)/b12-11+. The van der Waals surface area contributed by atoms with E-state index in [9.17, 15) is 4.79 Å². The zero-order valence-corrected chi connectivity index (χ0v) is 11.9. The Morgan fingerprint density at radius 3 is 2.50 bits per heavy atom. The molecule has 4 rings (SSSR count). The van der Waals surface area contributed by atoms with Crippen LogP contribution in [0.4, 0.5) is 0 Å². The Morgan fingerprint density at radius 2 is 1.90 bits per heavy atom. The zero-order valence-electron chi connectivity index (χ0n) is 11.9. The summed E-state index contributed by atoms with van der Waals surface area (Å²) in [4.78, 5) is 12.1. The van der Waals surface area contributed by atoms with Crippen LogP contribution in [0.25, 0.3) is 5.57 Å². The highest BCUT2D eigenvalue weighted by atomic mass is 16.1. The highest BCUT2D eigenvalue weighted by Crippen LogP contribution is 2.31. The molecule has 1 aromatic carbocycles. The fourth-order valence-corrected chi connectivity index (χ4v) is 3.34. The lowest BCUT2D eigenvalue weighted by Gasteiger charge is -2.43. The second kappa shape index (κ2) is 5.80. The highest BCUT2D eigenvalue weighted by molar-refractivity contribution is 5.95. The van der Waals surface area contributed by atoms with Crippen LogP contribution in [-0.4, -0.2) is 18.1 Å². The van der Waals surface area contributed by atoms with E-state index in [-0.39, 0.29) is 12.1 Å². The van der Waals surface area contributed by atoms with Crippen LogP contribution in [0.1, 0.15) is 38.2 Å². The van der Waals surface area contributed by atoms with Crippen LogP contribution in [0.5, 0.6) is 0 Å². The van der Waals surface area contributed by atoms with Crippen LogP contribution >= 0.6 is 0 Å². The first kappa shape index (κ1) is 13.4. The SMILES string of the molecule is C/C(=C\C(=O)NC1NC2CCC1CC2)c1ccccc1. The van der Waals surface area contributed by atoms with Crippen LogP contribution in [0.3, 0.4) is 0 Å². The number of carbonyl (C=O) groups is 1. The molecule has 2 N–H and O–H groups in total. The molecular formula is C17H22N2O. The maximum absolute atomic E-state index is 12.1. The van der Waals surface area contributed by atoms with Crippen molar-refractivity contribution in [2.75, 3.05) is 0 Å². The molecule has 3 nitrogen and oxygen atoms in total. The van der Waals surface area contributed by atoms with E-state index in [1.165, 1.54) is 25.7 Å². The van der Waals surface area contributed by atoms with E-state index in [4.69, 9.17) is 0 Å². The van der Waals surface area contributed by atoms with Crippen LogP contribution < -0.4 is 10.6 Å². The molecular weight excluding hydrogens is 248 g/mol. The Kier molecular flexibility index (Phi) is 3.88. The number of hydrogen-bond donors (Lipinski definition) is 2. The minimum Gasteiger partial charge on any atom is -0.337 e. The summed E-state index contributed by atoms with van der Waals surface area (Å²) in [5.74, 6) is 0.616. The first-order chi connectivity index (χ1) is 9.72. The van der Waals surface area contributed by atoms with E-state index < -0.39 is 0 Å². The predicted octanol–water partition coefficient (Wildman–Crippen LogP) is 2.69. The van der Waals surface area contributed by atoms with Crippen molar-refractivity contribution < 1.29 is 4.79 Å². The summed E-state index contributed by atoms with van der Waals surface area (Å²) in [5, 5.41) is 6.66. The molecule has 106 valence electrons. The molecule has 1 saturated carbocycles. The fourth-order valence-electron chi connectivity index (χ4n) is 3.34. The van der Waals surface area contributed by atoms with Gasteiger partial charge in [-0.1, -0.05) is 30.3 Å². The van der Waals surface area contributed by atoms with Gasteiger partial charge >= 0.3 is 0 Å². The largest absolute Gasteiger partial charge is 0.337 e. The number of nitrogens with one attached hydrogen (secondary N) is 2. The number of carbonyl (C=O) groups excluding carboxylic acids is 1. The third-order valence-corrected chi connectivity index (χ3v) is 4.53. The first-order valence-corrected chi connectivity index (χ1v) is 7.52. The molecule has 1 unspecified atom stereocenters. The van der Waals surface area contributed by atoms with E-state index in [1.807, 2.05) is 37.3 Å². The molecule has 3 heteroatoms.